The summed E-state index contributed by atoms with van der Waals surface area (Å²) < 4.78 is 23.3. The molecule has 1 aliphatic heterocycles. The van der Waals surface area contributed by atoms with Gasteiger partial charge in [0.2, 0.25) is 17.6 Å². The number of rotatable bonds is 8. The summed E-state index contributed by atoms with van der Waals surface area (Å²) >= 11 is 0. The Hall–Kier alpha value is -3.95. The van der Waals surface area contributed by atoms with Gasteiger partial charge < -0.3 is 28.8 Å². The molecule has 0 spiro atoms. The maximum Gasteiger partial charge on any atom is 0.230 e. The van der Waals surface area contributed by atoms with E-state index in [-0.39, 0.29) is 24.8 Å². The molecule has 1 aliphatic rings. The van der Waals surface area contributed by atoms with Gasteiger partial charge >= 0.3 is 0 Å². The van der Waals surface area contributed by atoms with E-state index in [4.69, 9.17) is 18.6 Å². The van der Waals surface area contributed by atoms with Gasteiger partial charge in [-0.1, -0.05) is 0 Å². The second-order valence-corrected chi connectivity index (χ2v) is 7.66. The van der Waals surface area contributed by atoms with Crippen molar-refractivity contribution < 1.29 is 28.2 Å². The number of nitrogens with one attached hydrogen (secondary N) is 1. The Morgan fingerprint density at radius 3 is 2.48 bits per heavy atom. The third-order valence-electron chi connectivity index (χ3n) is 5.53. The first-order chi connectivity index (χ1) is 15.9. The number of hydrogen-bond donors (Lipinski definition) is 1. The van der Waals surface area contributed by atoms with Crippen molar-refractivity contribution in [1.82, 2.24) is 9.78 Å². The lowest BCUT2D eigenvalue weighted by Gasteiger charge is -2.20. The molecule has 0 unspecified atom stereocenters. The van der Waals surface area contributed by atoms with Crippen LogP contribution >= 0.6 is 0 Å². The van der Waals surface area contributed by atoms with E-state index in [2.05, 4.69) is 10.4 Å². The number of aryl methyl sites for hydroxylation is 1. The number of benzene rings is 1. The van der Waals surface area contributed by atoms with Crippen molar-refractivity contribution in [3.05, 3.63) is 48.0 Å². The first kappa shape index (κ1) is 22.3. The number of nitrogens with zero attached hydrogens (tertiary/aromatic N) is 3. The van der Waals surface area contributed by atoms with Gasteiger partial charge in [-0.25, -0.2) is 4.68 Å². The highest BCUT2D eigenvalue weighted by molar-refractivity contribution is 6.03. The first-order valence-corrected chi connectivity index (χ1v) is 10.4. The lowest BCUT2D eigenvalue weighted by molar-refractivity contribution is -0.122. The van der Waals surface area contributed by atoms with Crippen molar-refractivity contribution in [3.63, 3.8) is 0 Å². The fourth-order valence-corrected chi connectivity index (χ4v) is 3.87. The van der Waals surface area contributed by atoms with Crippen LogP contribution in [0.1, 0.15) is 17.9 Å². The van der Waals surface area contributed by atoms with Gasteiger partial charge in [-0.3, -0.25) is 9.59 Å². The van der Waals surface area contributed by atoms with Crippen LogP contribution in [0.4, 0.5) is 11.5 Å². The summed E-state index contributed by atoms with van der Waals surface area (Å²) in [6.45, 7) is 2.48. The second kappa shape index (κ2) is 9.27. The summed E-state index contributed by atoms with van der Waals surface area (Å²) in [5, 5.41) is 7.14. The minimum Gasteiger partial charge on any atom is -0.493 e. The smallest absolute Gasteiger partial charge is 0.230 e. The summed E-state index contributed by atoms with van der Waals surface area (Å²) in [5.74, 6) is 2.44. The number of carbonyl (C=O) groups excluding carboxylic acids is 2. The maximum atomic E-state index is 13.0. The van der Waals surface area contributed by atoms with Gasteiger partial charge in [0.1, 0.15) is 23.9 Å². The summed E-state index contributed by atoms with van der Waals surface area (Å²) in [4.78, 5) is 27.3. The molecule has 174 valence electrons. The molecule has 1 fully saturated rings. The standard InChI is InChI=1S/C23H26N4O6/c1-14-5-6-17(33-14)13-27-20(7-8-24-27)25-23(29)15-9-21(28)26(12-15)16-10-18(30-2)22(32-4)19(11-16)31-3/h5-8,10-11,15H,9,12-13H2,1-4H3,(H,25,29)/t15-/m1/s1. The van der Waals surface area contributed by atoms with Crippen LogP contribution in [-0.4, -0.2) is 49.5 Å². The largest absolute Gasteiger partial charge is 0.493 e. The van der Waals surface area contributed by atoms with E-state index in [1.54, 1.807) is 34.0 Å². The zero-order valence-electron chi connectivity index (χ0n) is 19.0. The van der Waals surface area contributed by atoms with Gasteiger partial charge in [-0.15, -0.1) is 0 Å². The number of carbonyl (C=O) groups is 2. The molecule has 0 radical (unpaired) electrons. The average Bonchev–Trinajstić information content (AvgIpc) is 3.53. The second-order valence-electron chi connectivity index (χ2n) is 7.66. The lowest BCUT2D eigenvalue weighted by atomic mass is 10.1. The third kappa shape index (κ3) is 4.50. The molecule has 1 atom stereocenters. The van der Waals surface area contributed by atoms with Crippen LogP contribution in [0.5, 0.6) is 17.2 Å². The molecule has 1 saturated heterocycles. The molecule has 1 aromatic carbocycles. The van der Waals surface area contributed by atoms with E-state index >= 15 is 0 Å². The molecule has 2 amide bonds. The molecule has 33 heavy (non-hydrogen) atoms. The van der Waals surface area contributed by atoms with Gasteiger partial charge in [-0.05, 0) is 19.1 Å². The van der Waals surface area contributed by atoms with E-state index in [0.29, 0.717) is 35.3 Å². The predicted molar refractivity (Wildman–Crippen MR) is 120 cm³/mol. The Kier molecular flexibility index (Phi) is 6.25. The Morgan fingerprint density at radius 2 is 1.88 bits per heavy atom. The topological polar surface area (TPSA) is 108 Å². The summed E-state index contributed by atoms with van der Waals surface area (Å²) in [7, 11) is 4.53. The highest BCUT2D eigenvalue weighted by Crippen LogP contribution is 2.42. The highest BCUT2D eigenvalue weighted by Gasteiger charge is 2.36. The van der Waals surface area contributed by atoms with Crippen LogP contribution in [0.2, 0.25) is 0 Å². The predicted octanol–water partition coefficient (Wildman–Crippen LogP) is 2.85. The molecule has 0 saturated carbocycles. The van der Waals surface area contributed by atoms with Crippen LogP contribution < -0.4 is 24.4 Å². The van der Waals surface area contributed by atoms with Crippen LogP contribution in [0, 0.1) is 12.8 Å². The van der Waals surface area contributed by atoms with E-state index < -0.39 is 5.92 Å². The number of ether oxygens (including phenoxy) is 3. The molecule has 1 N–H and O–H groups in total. The van der Waals surface area contributed by atoms with E-state index in [1.165, 1.54) is 21.3 Å². The molecule has 10 heteroatoms. The van der Waals surface area contributed by atoms with Gasteiger partial charge in [-0.2, -0.15) is 5.10 Å². The van der Waals surface area contributed by atoms with Gasteiger partial charge in [0.05, 0.1) is 39.1 Å². The van der Waals surface area contributed by atoms with Crippen LogP contribution in [0.3, 0.4) is 0 Å². The molecule has 2 aromatic heterocycles. The van der Waals surface area contributed by atoms with Crippen molar-refractivity contribution in [2.24, 2.45) is 5.92 Å². The van der Waals surface area contributed by atoms with Crippen LogP contribution in [-0.2, 0) is 16.1 Å². The molecule has 0 bridgehead atoms. The third-order valence-corrected chi connectivity index (χ3v) is 5.53. The van der Waals surface area contributed by atoms with E-state index in [0.717, 1.165) is 11.5 Å². The average molecular weight is 454 g/mol. The summed E-state index contributed by atoms with van der Waals surface area (Å²) in [6.07, 6.45) is 1.70. The summed E-state index contributed by atoms with van der Waals surface area (Å²) in [5.41, 5.74) is 0.572. The van der Waals surface area contributed by atoms with Crippen molar-refractivity contribution in [3.8, 4) is 17.2 Å². The molecule has 3 aromatic rings. The maximum absolute atomic E-state index is 13.0. The minimum absolute atomic E-state index is 0.0913. The number of furan rings is 1. The highest BCUT2D eigenvalue weighted by atomic mass is 16.5. The van der Waals surface area contributed by atoms with Crippen molar-refractivity contribution in [2.45, 2.75) is 19.9 Å². The van der Waals surface area contributed by atoms with Gasteiger partial charge in [0, 0.05) is 31.2 Å². The normalized spacial score (nSPS) is 15.6. The Labute approximate surface area is 191 Å². The fourth-order valence-electron chi connectivity index (χ4n) is 3.87. The minimum atomic E-state index is -0.522. The number of hydrogen-bond acceptors (Lipinski definition) is 7. The number of amides is 2. The molecular formula is C23H26N4O6. The Balaban J connectivity index is 1.48. The monoisotopic (exact) mass is 454 g/mol. The Morgan fingerprint density at radius 1 is 1.15 bits per heavy atom. The van der Waals surface area contributed by atoms with Crippen LogP contribution in [0.15, 0.2) is 40.9 Å². The molecule has 4 rings (SSSR count). The van der Waals surface area contributed by atoms with Crippen molar-refractivity contribution in [2.75, 3.05) is 38.1 Å². The van der Waals surface area contributed by atoms with E-state index in [9.17, 15) is 9.59 Å². The Bertz CT molecular complexity index is 1140. The molecular weight excluding hydrogens is 428 g/mol. The molecule has 10 nitrogen and oxygen atoms in total. The van der Waals surface area contributed by atoms with Crippen LogP contribution in [0.25, 0.3) is 0 Å². The number of anilines is 2. The molecule has 3 heterocycles. The number of methoxy groups -OCH3 is 3. The molecule has 0 aliphatic carbocycles. The van der Waals surface area contributed by atoms with Gasteiger partial charge in [0.15, 0.2) is 11.5 Å². The lowest BCUT2D eigenvalue weighted by Crippen LogP contribution is -2.28. The first-order valence-electron chi connectivity index (χ1n) is 10.4. The summed E-state index contributed by atoms with van der Waals surface area (Å²) in [6, 6.07) is 8.84. The van der Waals surface area contributed by atoms with Crippen molar-refractivity contribution >= 4 is 23.3 Å². The number of aromatic nitrogens is 2. The fraction of sp³-hybridized carbons (Fsp3) is 0.348. The van der Waals surface area contributed by atoms with E-state index in [1.807, 2.05) is 19.1 Å². The van der Waals surface area contributed by atoms with Crippen molar-refractivity contribution in [1.29, 1.82) is 0 Å². The van der Waals surface area contributed by atoms with Gasteiger partial charge in [0.25, 0.3) is 0 Å². The quantitative estimate of drug-likeness (QED) is 0.558. The SMILES string of the molecule is COc1cc(N2C[C@H](C(=O)Nc3ccnn3Cc3ccc(C)o3)CC2=O)cc(OC)c1OC. The zero-order valence-corrected chi connectivity index (χ0v) is 19.0. The zero-order chi connectivity index (χ0) is 23.5.